The second-order valence-corrected chi connectivity index (χ2v) is 9.54. The van der Waals surface area contributed by atoms with Crippen molar-refractivity contribution < 1.29 is 48.6 Å². The molecule has 32 heavy (non-hydrogen) atoms. The van der Waals surface area contributed by atoms with Crippen molar-refractivity contribution in [3.05, 3.63) is 65.2 Å². The molecule has 1 aliphatic heterocycles. The van der Waals surface area contributed by atoms with Crippen molar-refractivity contribution >= 4 is 9.84 Å². The largest absolute Gasteiger partial charge is 0.430 e. The minimum atomic E-state index is -6.31. The van der Waals surface area contributed by atoms with Gasteiger partial charge in [-0.25, -0.2) is 17.2 Å². The fraction of sp³-hybridized carbons (Fsp3) is 0.368. The van der Waals surface area contributed by atoms with Gasteiger partial charge in [0.15, 0.2) is 9.84 Å². The Bertz CT molecular complexity index is 1090. The first-order valence-corrected chi connectivity index (χ1v) is 10.4. The molecule has 1 atom stereocenters. The highest BCUT2D eigenvalue weighted by Gasteiger charge is 2.72. The van der Waals surface area contributed by atoms with Crippen LogP contribution in [-0.2, 0) is 20.2 Å². The highest BCUT2D eigenvalue weighted by molar-refractivity contribution is 7.92. The van der Waals surface area contributed by atoms with E-state index in [1.54, 1.807) is 0 Å². The lowest BCUT2D eigenvalue weighted by molar-refractivity contribution is -0.377. The van der Waals surface area contributed by atoms with Crippen molar-refractivity contribution in [3.63, 3.8) is 0 Å². The highest BCUT2D eigenvalue weighted by atomic mass is 32.2. The maximum absolute atomic E-state index is 14.6. The zero-order chi connectivity index (χ0) is 24.2. The third kappa shape index (κ3) is 3.55. The average Bonchev–Trinajstić information content (AvgIpc) is 3.17. The summed E-state index contributed by atoms with van der Waals surface area (Å²) in [5.41, 5.74) is -8.03. The van der Waals surface area contributed by atoms with E-state index in [-0.39, 0.29) is 36.5 Å². The van der Waals surface area contributed by atoms with Gasteiger partial charge in [0, 0.05) is 12.1 Å². The van der Waals surface area contributed by atoms with E-state index in [1.165, 1.54) is 0 Å². The van der Waals surface area contributed by atoms with Crippen molar-refractivity contribution in [1.82, 2.24) is 5.32 Å². The Morgan fingerprint density at radius 3 is 1.91 bits per heavy atom. The molecule has 1 aliphatic rings. The van der Waals surface area contributed by atoms with Gasteiger partial charge in [0.1, 0.15) is 16.4 Å². The minimum Gasteiger partial charge on any atom is -0.369 e. The van der Waals surface area contributed by atoms with Crippen LogP contribution in [0, 0.1) is 11.6 Å². The van der Waals surface area contributed by atoms with E-state index in [4.69, 9.17) is 0 Å². The molecule has 2 aromatic carbocycles. The van der Waals surface area contributed by atoms with Gasteiger partial charge < -0.3 is 10.4 Å². The molecule has 0 spiro atoms. The summed E-state index contributed by atoms with van der Waals surface area (Å²) in [7, 11) is -4.39. The number of hydrogen-bond donors (Lipinski definition) is 2. The van der Waals surface area contributed by atoms with Gasteiger partial charge in [0.2, 0.25) is 0 Å². The Morgan fingerprint density at radius 2 is 1.47 bits per heavy atom. The van der Waals surface area contributed by atoms with Gasteiger partial charge in [-0.15, -0.1) is 0 Å². The number of alkyl halides is 6. The molecule has 0 amide bonds. The molecule has 2 aromatic rings. The summed E-state index contributed by atoms with van der Waals surface area (Å²) in [5.74, 6) is -2.82. The first-order valence-electron chi connectivity index (χ1n) is 8.95. The van der Waals surface area contributed by atoms with E-state index in [0.717, 1.165) is 24.3 Å². The van der Waals surface area contributed by atoms with Gasteiger partial charge in [-0.2, -0.15) is 26.3 Å². The molecule has 176 valence electrons. The third-order valence-corrected chi connectivity index (χ3v) is 7.97. The third-order valence-electron chi connectivity index (χ3n) is 5.46. The van der Waals surface area contributed by atoms with E-state index in [0.29, 0.717) is 6.07 Å². The predicted octanol–water partition coefficient (Wildman–Crippen LogP) is 3.94. The number of aliphatic hydroxyl groups is 1. The Kier molecular flexibility index (Phi) is 5.84. The molecule has 13 heteroatoms. The predicted molar refractivity (Wildman–Crippen MR) is 95.2 cm³/mol. The molecule has 0 aliphatic carbocycles. The van der Waals surface area contributed by atoms with E-state index in [9.17, 15) is 48.6 Å². The summed E-state index contributed by atoms with van der Waals surface area (Å²) < 4.78 is 131. The molecule has 0 aromatic heterocycles. The van der Waals surface area contributed by atoms with Crippen LogP contribution in [0.1, 0.15) is 17.5 Å². The number of rotatable bonds is 4. The van der Waals surface area contributed by atoms with Gasteiger partial charge in [-0.05, 0) is 48.9 Å². The quantitative estimate of drug-likeness (QED) is 0.505. The summed E-state index contributed by atoms with van der Waals surface area (Å²) in [6.07, 6.45) is -12.8. The topological polar surface area (TPSA) is 66.4 Å². The summed E-state index contributed by atoms with van der Waals surface area (Å²) in [5, 5.41) is 12.2. The smallest absolute Gasteiger partial charge is 0.369 e. The maximum atomic E-state index is 14.6. The highest BCUT2D eigenvalue weighted by Crippen LogP contribution is 2.51. The number of nitrogens with one attached hydrogen (secondary N) is 1. The fourth-order valence-electron chi connectivity index (χ4n) is 3.70. The van der Waals surface area contributed by atoms with Crippen LogP contribution in [0.5, 0.6) is 0 Å². The summed E-state index contributed by atoms with van der Waals surface area (Å²) in [6.45, 7) is -0.229. The van der Waals surface area contributed by atoms with E-state index < -0.39 is 55.3 Å². The molecule has 2 N–H and O–H groups in total. The van der Waals surface area contributed by atoms with Crippen LogP contribution in [-0.4, -0.2) is 39.0 Å². The van der Waals surface area contributed by atoms with Crippen LogP contribution in [0.2, 0.25) is 0 Å². The molecular formula is C19H15F8NO3S. The zero-order valence-corrected chi connectivity index (χ0v) is 16.7. The molecule has 1 heterocycles. The summed E-state index contributed by atoms with van der Waals surface area (Å²) in [6, 6.07) is 4.54. The Morgan fingerprint density at radius 1 is 0.906 bits per heavy atom. The van der Waals surface area contributed by atoms with Crippen molar-refractivity contribution in [3.8, 4) is 0 Å². The SMILES string of the molecule is O=S(=O)(c1ccc(F)cc1)C1(c2ccc(C(O)(C(F)(F)F)C(F)(F)F)c(F)c2)CCNC1. The van der Waals surface area contributed by atoms with Gasteiger partial charge in [-0.3, -0.25) is 0 Å². The van der Waals surface area contributed by atoms with E-state index in [1.807, 2.05) is 0 Å². The summed E-state index contributed by atoms with van der Waals surface area (Å²) >= 11 is 0. The van der Waals surface area contributed by atoms with Crippen molar-refractivity contribution in [2.24, 2.45) is 0 Å². The van der Waals surface area contributed by atoms with Crippen molar-refractivity contribution in [1.29, 1.82) is 0 Å². The lowest BCUT2D eigenvalue weighted by Gasteiger charge is -2.34. The first kappa shape index (κ1) is 24.4. The molecule has 1 saturated heterocycles. The molecule has 1 fully saturated rings. The normalized spacial score (nSPS) is 20.5. The maximum Gasteiger partial charge on any atom is 0.430 e. The second-order valence-electron chi connectivity index (χ2n) is 7.28. The van der Waals surface area contributed by atoms with Gasteiger partial charge >= 0.3 is 12.4 Å². The Balaban J connectivity index is 2.19. The molecule has 3 rings (SSSR count). The Hall–Kier alpha value is -2.25. The second kappa shape index (κ2) is 7.66. The molecule has 0 radical (unpaired) electrons. The van der Waals surface area contributed by atoms with Gasteiger partial charge in [-0.1, -0.05) is 12.1 Å². The number of halogens is 8. The van der Waals surface area contributed by atoms with E-state index >= 15 is 0 Å². The summed E-state index contributed by atoms with van der Waals surface area (Å²) in [4.78, 5) is -0.367. The van der Waals surface area contributed by atoms with Crippen LogP contribution in [0.25, 0.3) is 0 Å². The number of benzene rings is 2. The standard InChI is InChI=1S/C19H15F8NO3S/c20-12-2-4-13(5-3-12)32(30,31)16(7-8-28-10-16)11-1-6-14(15(21)9-11)17(29,18(22,23)24)19(25,26)27/h1-6,9,28-29H,7-8,10H2. The number of hydrogen-bond acceptors (Lipinski definition) is 4. The lowest BCUT2D eigenvalue weighted by atomic mass is 9.88. The monoisotopic (exact) mass is 489 g/mol. The molecular weight excluding hydrogens is 474 g/mol. The van der Waals surface area contributed by atoms with Crippen molar-refractivity contribution in [2.75, 3.05) is 13.1 Å². The number of sulfone groups is 1. The molecule has 0 saturated carbocycles. The van der Waals surface area contributed by atoms with Gasteiger partial charge in [0.25, 0.3) is 5.60 Å². The lowest BCUT2D eigenvalue weighted by Crippen LogP contribution is -2.54. The van der Waals surface area contributed by atoms with E-state index in [2.05, 4.69) is 5.32 Å². The molecule has 4 nitrogen and oxygen atoms in total. The average molecular weight is 489 g/mol. The van der Waals surface area contributed by atoms with Crippen LogP contribution in [0.4, 0.5) is 35.1 Å². The van der Waals surface area contributed by atoms with Crippen LogP contribution >= 0.6 is 0 Å². The van der Waals surface area contributed by atoms with Crippen molar-refractivity contribution in [2.45, 2.75) is 34.0 Å². The van der Waals surface area contributed by atoms with Gasteiger partial charge in [0.05, 0.1) is 4.90 Å². The van der Waals surface area contributed by atoms with Crippen LogP contribution in [0.15, 0.2) is 47.4 Å². The molecule has 0 bridgehead atoms. The van der Waals surface area contributed by atoms with Crippen LogP contribution in [0.3, 0.4) is 0 Å². The fourth-order valence-corrected chi connectivity index (χ4v) is 5.74. The Labute approximate surface area is 176 Å². The first-order chi connectivity index (χ1) is 14.6. The molecule has 1 unspecified atom stereocenters. The van der Waals surface area contributed by atoms with Crippen LogP contribution < -0.4 is 5.32 Å². The minimum absolute atomic E-state index is 0.0753. The zero-order valence-electron chi connectivity index (χ0n) is 15.9.